The molecule has 1 aliphatic rings. The maximum absolute atomic E-state index is 13.6. The van der Waals surface area contributed by atoms with Crippen molar-refractivity contribution in [3.05, 3.63) is 64.1 Å². The number of hydrazone groups is 1. The van der Waals surface area contributed by atoms with Gasteiger partial charge in [0.2, 0.25) is 0 Å². The van der Waals surface area contributed by atoms with E-state index < -0.39 is 30.8 Å². The van der Waals surface area contributed by atoms with E-state index >= 15 is 0 Å². The molecule has 29 heavy (non-hydrogen) atoms. The lowest BCUT2D eigenvalue weighted by molar-refractivity contribution is -0.302. The number of rotatable bonds is 4. The summed E-state index contributed by atoms with van der Waals surface area (Å²) >= 11 is 3.22. The van der Waals surface area contributed by atoms with Crippen LogP contribution in [-0.2, 0) is 4.79 Å². The third kappa shape index (κ3) is 4.11. The number of nitriles is 1. The highest BCUT2D eigenvalue weighted by Gasteiger charge is 2.63. The summed E-state index contributed by atoms with van der Waals surface area (Å²) in [6, 6.07) is 14.1. The fourth-order valence-corrected chi connectivity index (χ4v) is 2.98. The molecule has 2 aromatic rings. The van der Waals surface area contributed by atoms with Gasteiger partial charge in [-0.2, -0.15) is 28.5 Å². The summed E-state index contributed by atoms with van der Waals surface area (Å²) in [5, 5.41) is 23.0. The number of hydrogen-bond donors (Lipinski definition) is 1. The van der Waals surface area contributed by atoms with Crippen LogP contribution in [-0.4, -0.2) is 40.2 Å². The molecular formula is C19H13BrF3N3O3. The van der Waals surface area contributed by atoms with Gasteiger partial charge in [-0.25, -0.2) is 0 Å². The highest BCUT2D eigenvalue weighted by atomic mass is 79.9. The van der Waals surface area contributed by atoms with Crippen molar-refractivity contribution in [1.29, 1.82) is 5.26 Å². The van der Waals surface area contributed by atoms with Crippen LogP contribution in [0.5, 0.6) is 5.75 Å². The average Bonchev–Trinajstić information content (AvgIpc) is 3.06. The predicted molar refractivity (Wildman–Crippen MR) is 99.8 cm³/mol. The fourth-order valence-electron chi connectivity index (χ4n) is 2.72. The molecule has 0 spiro atoms. The number of halogens is 4. The summed E-state index contributed by atoms with van der Waals surface area (Å²) in [6.07, 6.45) is -6.06. The SMILES string of the molecule is N#Cc1ccccc1OCC(=O)N1N=C(c2ccc(Br)cc2)C[C@@]1(O)C(F)(F)F. The first-order valence-corrected chi connectivity index (χ1v) is 9.02. The summed E-state index contributed by atoms with van der Waals surface area (Å²) in [5.41, 5.74) is -3.14. The molecule has 1 atom stereocenters. The second-order valence-electron chi connectivity index (χ2n) is 6.15. The van der Waals surface area contributed by atoms with Crippen LogP contribution in [0.2, 0.25) is 0 Å². The van der Waals surface area contributed by atoms with Crippen LogP contribution in [0, 0.1) is 11.3 Å². The largest absolute Gasteiger partial charge is 0.482 e. The van der Waals surface area contributed by atoms with Crippen molar-refractivity contribution in [2.24, 2.45) is 5.10 Å². The maximum atomic E-state index is 13.6. The Bertz CT molecular complexity index is 1000. The smallest absolute Gasteiger partial charge is 0.438 e. The first kappa shape index (κ1) is 20.8. The van der Waals surface area contributed by atoms with Gasteiger partial charge in [-0.15, -0.1) is 0 Å². The number of amides is 1. The van der Waals surface area contributed by atoms with E-state index in [-0.39, 0.29) is 22.0 Å². The van der Waals surface area contributed by atoms with Crippen LogP contribution >= 0.6 is 15.9 Å². The summed E-state index contributed by atoms with van der Waals surface area (Å²) in [6.45, 7) is -0.839. The molecule has 1 N–H and O–H groups in total. The number of ether oxygens (including phenoxy) is 1. The molecule has 150 valence electrons. The molecule has 0 aromatic heterocycles. The molecule has 1 amide bonds. The van der Waals surface area contributed by atoms with Crippen LogP contribution in [0.15, 0.2) is 58.1 Å². The quantitative estimate of drug-likeness (QED) is 0.744. The number of hydrogen-bond acceptors (Lipinski definition) is 5. The van der Waals surface area contributed by atoms with Crippen molar-refractivity contribution in [3.63, 3.8) is 0 Å². The van der Waals surface area contributed by atoms with Gasteiger partial charge >= 0.3 is 6.18 Å². The number of benzene rings is 2. The monoisotopic (exact) mass is 467 g/mol. The van der Waals surface area contributed by atoms with E-state index in [1.54, 1.807) is 24.3 Å². The van der Waals surface area contributed by atoms with Crippen LogP contribution < -0.4 is 4.74 Å². The Morgan fingerprint density at radius 1 is 1.28 bits per heavy atom. The molecule has 3 rings (SSSR count). The van der Waals surface area contributed by atoms with Crippen molar-refractivity contribution in [2.45, 2.75) is 18.3 Å². The normalized spacial score (nSPS) is 18.9. The first-order valence-electron chi connectivity index (χ1n) is 8.23. The van der Waals surface area contributed by atoms with Gasteiger partial charge in [0.15, 0.2) is 6.61 Å². The van der Waals surface area contributed by atoms with E-state index in [1.807, 2.05) is 6.07 Å². The van der Waals surface area contributed by atoms with Crippen LogP contribution in [0.4, 0.5) is 13.2 Å². The van der Waals surface area contributed by atoms with E-state index in [0.29, 0.717) is 10.0 Å². The molecule has 0 bridgehead atoms. The molecular weight excluding hydrogens is 455 g/mol. The number of para-hydroxylation sites is 1. The molecule has 2 aromatic carbocycles. The van der Waals surface area contributed by atoms with Gasteiger partial charge < -0.3 is 9.84 Å². The highest BCUT2D eigenvalue weighted by molar-refractivity contribution is 9.10. The molecule has 0 saturated carbocycles. The zero-order valence-electron chi connectivity index (χ0n) is 14.7. The fraction of sp³-hybridized carbons (Fsp3) is 0.211. The molecule has 0 fully saturated rings. The Hall–Kier alpha value is -2.90. The van der Waals surface area contributed by atoms with Gasteiger partial charge in [0.1, 0.15) is 11.8 Å². The van der Waals surface area contributed by atoms with Gasteiger partial charge in [-0.05, 0) is 29.8 Å². The number of aliphatic hydroxyl groups is 1. The lowest BCUT2D eigenvalue weighted by atomic mass is 10.0. The topological polar surface area (TPSA) is 85.9 Å². The third-order valence-electron chi connectivity index (χ3n) is 4.21. The van der Waals surface area contributed by atoms with Crippen molar-refractivity contribution in [2.75, 3.05) is 6.61 Å². The van der Waals surface area contributed by atoms with Crippen molar-refractivity contribution in [1.82, 2.24) is 5.01 Å². The molecule has 0 aliphatic carbocycles. The van der Waals surface area contributed by atoms with Crippen LogP contribution in [0.25, 0.3) is 0 Å². The van der Waals surface area contributed by atoms with Gasteiger partial charge in [0.25, 0.3) is 11.6 Å². The lowest BCUT2D eigenvalue weighted by Crippen LogP contribution is -2.57. The van der Waals surface area contributed by atoms with E-state index in [4.69, 9.17) is 10.00 Å². The Morgan fingerprint density at radius 2 is 1.93 bits per heavy atom. The minimum Gasteiger partial charge on any atom is -0.482 e. The van der Waals surface area contributed by atoms with E-state index in [1.165, 1.54) is 24.3 Å². The summed E-state index contributed by atoms with van der Waals surface area (Å²) < 4.78 is 46.7. The number of nitrogens with zero attached hydrogens (tertiary/aromatic N) is 3. The van der Waals surface area contributed by atoms with Crippen LogP contribution in [0.3, 0.4) is 0 Å². The number of alkyl halides is 3. The zero-order valence-corrected chi connectivity index (χ0v) is 16.2. The number of carbonyl (C=O) groups excluding carboxylic acids is 1. The molecule has 1 heterocycles. The van der Waals surface area contributed by atoms with Gasteiger partial charge in [-0.1, -0.05) is 40.2 Å². The van der Waals surface area contributed by atoms with Gasteiger partial charge in [0.05, 0.1) is 17.7 Å². The zero-order chi connectivity index (χ0) is 21.2. The standard InChI is InChI=1S/C19H13BrF3N3O3/c20-14-7-5-12(6-8-14)15-9-18(28,19(21,22)23)26(25-15)17(27)11-29-16-4-2-1-3-13(16)10-24/h1-8,28H,9,11H2/t18-/m1/s1. The summed E-state index contributed by atoms with van der Waals surface area (Å²) in [5.74, 6) is -1.17. The van der Waals surface area contributed by atoms with Crippen molar-refractivity contribution >= 4 is 27.5 Å². The van der Waals surface area contributed by atoms with E-state index in [9.17, 15) is 23.1 Å². The Kier molecular flexibility index (Phi) is 5.64. The molecule has 0 saturated heterocycles. The second kappa shape index (κ2) is 7.85. The average molecular weight is 468 g/mol. The second-order valence-corrected chi connectivity index (χ2v) is 7.06. The summed E-state index contributed by atoms with van der Waals surface area (Å²) in [4.78, 5) is 12.5. The molecule has 10 heteroatoms. The summed E-state index contributed by atoms with van der Waals surface area (Å²) in [7, 11) is 0. The lowest BCUT2D eigenvalue weighted by Gasteiger charge is -2.32. The molecule has 0 unspecified atom stereocenters. The maximum Gasteiger partial charge on any atom is 0.438 e. The van der Waals surface area contributed by atoms with E-state index in [0.717, 1.165) is 0 Å². The van der Waals surface area contributed by atoms with Crippen LogP contribution in [0.1, 0.15) is 17.5 Å². The highest BCUT2D eigenvalue weighted by Crippen LogP contribution is 2.41. The van der Waals surface area contributed by atoms with Gasteiger partial charge in [-0.3, -0.25) is 4.79 Å². The molecule has 6 nitrogen and oxygen atoms in total. The molecule has 1 aliphatic heterocycles. The Balaban J connectivity index is 1.87. The number of carbonyl (C=O) groups is 1. The predicted octanol–water partition coefficient (Wildman–Crippen LogP) is 3.59. The van der Waals surface area contributed by atoms with Crippen molar-refractivity contribution < 1.29 is 27.8 Å². The minimum atomic E-state index is -5.15. The molecule has 0 radical (unpaired) electrons. The third-order valence-corrected chi connectivity index (χ3v) is 4.74. The van der Waals surface area contributed by atoms with Crippen molar-refractivity contribution in [3.8, 4) is 11.8 Å². The minimum absolute atomic E-state index is 0.000629. The van der Waals surface area contributed by atoms with Gasteiger partial charge in [0, 0.05) is 4.47 Å². The first-order chi connectivity index (χ1) is 13.7. The Labute approximate surface area is 171 Å². The Morgan fingerprint density at radius 3 is 2.55 bits per heavy atom. The van der Waals surface area contributed by atoms with E-state index in [2.05, 4.69) is 21.0 Å².